The van der Waals surface area contributed by atoms with Crippen molar-refractivity contribution in [2.45, 2.75) is 13.0 Å². The zero-order valence-corrected chi connectivity index (χ0v) is 18.9. The first-order valence-electron chi connectivity index (χ1n) is 10.4. The van der Waals surface area contributed by atoms with Gasteiger partial charge in [0, 0.05) is 44.0 Å². The maximum Gasteiger partial charge on any atom is 0.274 e. The number of anilines is 1. The van der Waals surface area contributed by atoms with Gasteiger partial charge < -0.3 is 30.2 Å². The van der Waals surface area contributed by atoms with Crippen molar-refractivity contribution in [2.75, 3.05) is 38.9 Å². The van der Waals surface area contributed by atoms with Crippen molar-refractivity contribution in [1.82, 2.24) is 15.1 Å². The van der Waals surface area contributed by atoms with E-state index < -0.39 is 18.5 Å². The van der Waals surface area contributed by atoms with Crippen LogP contribution in [0.2, 0.25) is 0 Å². The van der Waals surface area contributed by atoms with Crippen molar-refractivity contribution in [3.05, 3.63) is 71.4 Å². The van der Waals surface area contributed by atoms with E-state index in [1.807, 2.05) is 0 Å². The summed E-state index contributed by atoms with van der Waals surface area (Å²) in [6.45, 7) is -0.427. The maximum atomic E-state index is 13.6. The quantitative estimate of drug-likeness (QED) is 0.229. The molecule has 0 heterocycles. The van der Waals surface area contributed by atoms with E-state index in [0.29, 0.717) is 24.1 Å². The lowest BCUT2D eigenvalue weighted by Gasteiger charge is -2.33. The minimum absolute atomic E-state index is 0.00581. The van der Waals surface area contributed by atoms with Crippen molar-refractivity contribution in [3.63, 3.8) is 0 Å². The highest BCUT2D eigenvalue weighted by Crippen LogP contribution is 2.28. The lowest BCUT2D eigenvalue weighted by atomic mass is 10.1. The Morgan fingerprint density at radius 1 is 1.09 bits per heavy atom. The van der Waals surface area contributed by atoms with Crippen LogP contribution < -0.4 is 15.2 Å². The second kappa shape index (κ2) is 13.1. The number of aliphatic hydroxyl groups is 2. The summed E-state index contributed by atoms with van der Waals surface area (Å²) < 4.78 is 26.1. The smallest absolute Gasteiger partial charge is 0.274 e. The number of carbonyl (C=O) groups excluding carboxylic acids is 2. The molecule has 0 fully saturated rings. The summed E-state index contributed by atoms with van der Waals surface area (Å²) in [4.78, 5) is 33.0. The molecule has 0 aromatic heterocycles. The number of rotatable bonds is 13. The largest absolute Gasteiger partial charge is 0.396 e. The number of carbonyl (C=O) groups is 2. The average Bonchev–Trinajstić information content (AvgIpc) is 2.86. The molecule has 0 aliphatic carbocycles. The normalized spacial score (nSPS) is 11.4. The summed E-state index contributed by atoms with van der Waals surface area (Å²) in [6.07, 6.45) is 0.789. The van der Waals surface area contributed by atoms with E-state index in [1.54, 1.807) is 17.0 Å². The van der Waals surface area contributed by atoms with Gasteiger partial charge in [-0.2, -0.15) is 0 Å². The molecule has 3 N–H and O–H groups in total. The summed E-state index contributed by atoms with van der Waals surface area (Å²) in [5.41, 5.74) is 1.05. The molecular formula is C23H28F2N4O5. The third-order valence-corrected chi connectivity index (χ3v) is 4.94. The molecule has 184 valence electrons. The van der Waals surface area contributed by atoms with Gasteiger partial charge in [-0.15, -0.1) is 0 Å². The minimum Gasteiger partial charge on any atom is -0.396 e. The predicted octanol–water partition coefficient (Wildman–Crippen LogP) is 1.73. The molecule has 2 aromatic rings. The number of nitrogens with one attached hydrogen (secondary N) is 1. The van der Waals surface area contributed by atoms with Crippen LogP contribution >= 0.6 is 0 Å². The van der Waals surface area contributed by atoms with Gasteiger partial charge in [0.2, 0.25) is 6.41 Å². The van der Waals surface area contributed by atoms with E-state index in [9.17, 15) is 28.7 Å². The van der Waals surface area contributed by atoms with Crippen molar-refractivity contribution in [3.8, 4) is 5.75 Å². The number of hydrogen-bond acceptors (Lipinski definition) is 7. The Labute approximate surface area is 196 Å². The first kappa shape index (κ1) is 26.6. The van der Waals surface area contributed by atoms with Crippen LogP contribution in [-0.2, 0) is 16.1 Å². The Kier molecular flexibility index (Phi) is 10.2. The Hall–Kier alpha value is -3.70. The zero-order chi connectivity index (χ0) is 25.1. The van der Waals surface area contributed by atoms with E-state index in [-0.39, 0.29) is 37.0 Å². The van der Waals surface area contributed by atoms with Crippen LogP contribution in [0.25, 0.3) is 0 Å². The summed E-state index contributed by atoms with van der Waals surface area (Å²) in [7, 11) is 2.94. The van der Waals surface area contributed by atoms with Gasteiger partial charge in [-0.05, 0) is 48.4 Å². The van der Waals surface area contributed by atoms with Gasteiger partial charge in [-0.3, -0.25) is 14.5 Å². The van der Waals surface area contributed by atoms with E-state index >= 15 is 0 Å². The molecule has 0 bridgehead atoms. The standard InChI is InChI=1S/C23H28F2N4O5/c1-27(12-3-13-30)23(33)21(22(26-15-31)28(2)16-32)29(14-17-4-6-18(24)7-5-17)19-8-10-20(34-25)11-9-19/h4-11,16,26,30-31H,3,12-15H2,1-2H3/b22-21+. The molecule has 0 unspecified atom stereocenters. The predicted molar refractivity (Wildman–Crippen MR) is 121 cm³/mol. The van der Waals surface area contributed by atoms with E-state index in [1.165, 1.54) is 55.4 Å². The minimum atomic E-state index is -0.580. The molecule has 0 radical (unpaired) electrons. The van der Waals surface area contributed by atoms with Gasteiger partial charge in [0.25, 0.3) is 5.91 Å². The highest BCUT2D eigenvalue weighted by Gasteiger charge is 2.28. The van der Waals surface area contributed by atoms with Gasteiger partial charge in [0.1, 0.15) is 24.1 Å². The number of nitrogens with zero attached hydrogens (tertiary/aromatic N) is 3. The summed E-state index contributed by atoms with van der Waals surface area (Å²) in [5.74, 6) is -1.00. The zero-order valence-electron chi connectivity index (χ0n) is 18.9. The molecule has 2 rings (SSSR count). The monoisotopic (exact) mass is 478 g/mol. The first-order valence-corrected chi connectivity index (χ1v) is 10.4. The van der Waals surface area contributed by atoms with Crippen LogP contribution in [0.15, 0.2) is 60.0 Å². The molecule has 0 atom stereocenters. The number of likely N-dealkylation sites (N-methyl/N-ethyl adjacent to an activating group) is 1. The highest BCUT2D eigenvalue weighted by atomic mass is 19.3. The molecule has 2 aromatic carbocycles. The molecule has 0 aliphatic rings. The fraction of sp³-hybridized carbons (Fsp3) is 0.304. The number of amides is 2. The molecule has 0 spiro atoms. The number of aliphatic hydroxyl groups excluding tert-OH is 2. The Morgan fingerprint density at radius 2 is 1.74 bits per heavy atom. The van der Waals surface area contributed by atoms with Crippen LogP contribution in [0.5, 0.6) is 5.75 Å². The molecule has 11 heteroatoms. The second-order valence-corrected chi connectivity index (χ2v) is 7.34. The van der Waals surface area contributed by atoms with Crippen LogP contribution in [0.4, 0.5) is 14.6 Å². The van der Waals surface area contributed by atoms with Crippen molar-refractivity contribution < 1.29 is 33.7 Å². The summed E-state index contributed by atoms with van der Waals surface area (Å²) in [5, 5.41) is 21.4. The van der Waals surface area contributed by atoms with Gasteiger partial charge in [-0.1, -0.05) is 12.1 Å². The van der Waals surface area contributed by atoms with Gasteiger partial charge >= 0.3 is 0 Å². The van der Waals surface area contributed by atoms with E-state index in [4.69, 9.17) is 0 Å². The maximum absolute atomic E-state index is 13.6. The van der Waals surface area contributed by atoms with Crippen molar-refractivity contribution in [2.24, 2.45) is 0 Å². The van der Waals surface area contributed by atoms with Crippen LogP contribution in [-0.4, -0.2) is 66.3 Å². The van der Waals surface area contributed by atoms with Gasteiger partial charge in [0.15, 0.2) is 5.75 Å². The topological polar surface area (TPSA) is 106 Å². The SMILES string of the molecule is CN(CCCO)C(=O)/C(=C(/NCO)N(C)C=O)N(Cc1ccc(F)cc1)c1ccc(OF)cc1. The third-order valence-electron chi connectivity index (χ3n) is 4.94. The second-order valence-electron chi connectivity index (χ2n) is 7.34. The van der Waals surface area contributed by atoms with E-state index in [0.717, 1.165) is 4.90 Å². The number of halogens is 2. The molecule has 2 amide bonds. The highest BCUT2D eigenvalue weighted by molar-refractivity contribution is 5.98. The lowest BCUT2D eigenvalue weighted by Crippen LogP contribution is -2.43. The fourth-order valence-electron chi connectivity index (χ4n) is 3.19. The van der Waals surface area contributed by atoms with Crippen molar-refractivity contribution in [1.29, 1.82) is 0 Å². The van der Waals surface area contributed by atoms with Gasteiger partial charge in [0.05, 0.1) is 0 Å². The first-order chi connectivity index (χ1) is 16.4. The third kappa shape index (κ3) is 6.90. The van der Waals surface area contributed by atoms with Gasteiger partial charge in [-0.25, -0.2) is 4.39 Å². The molecule has 9 nitrogen and oxygen atoms in total. The Balaban J connectivity index is 2.71. The molecule has 0 saturated heterocycles. The molecule has 34 heavy (non-hydrogen) atoms. The van der Waals surface area contributed by atoms with Crippen molar-refractivity contribution >= 4 is 18.0 Å². The fourth-order valence-corrected chi connectivity index (χ4v) is 3.19. The molecule has 0 saturated carbocycles. The number of benzene rings is 2. The lowest BCUT2D eigenvalue weighted by molar-refractivity contribution is -0.126. The Bertz CT molecular complexity index is 970. The number of hydrogen-bond donors (Lipinski definition) is 3. The van der Waals surface area contributed by atoms with Crippen LogP contribution in [0.3, 0.4) is 0 Å². The van der Waals surface area contributed by atoms with Crippen LogP contribution in [0.1, 0.15) is 12.0 Å². The van der Waals surface area contributed by atoms with Crippen LogP contribution in [0, 0.1) is 5.82 Å². The molecular weight excluding hydrogens is 450 g/mol. The average molecular weight is 478 g/mol. The van der Waals surface area contributed by atoms with E-state index in [2.05, 4.69) is 10.3 Å². The summed E-state index contributed by atoms with van der Waals surface area (Å²) >= 11 is 0. The Morgan fingerprint density at radius 3 is 2.26 bits per heavy atom. The molecule has 0 aliphatic heterocycles. The summed E-state index contributed by atoms with van der Waals surface area (Å²) in [6, 6.07) is 11.4.